The second-order valence-electron chi connectivity index (χ2n) is 7.29. The SMILES string of the molecule is Cc1ccc(Cl)cc1NS(=O)(=O)c1ccc(NC(=O)c2ccccc2N(C)S(C)(=O)=O)cc1. The molecule has 0 aliphatic carbocycles. The van der Waals surface area contributed by atoms with Crippen molar-refractivity contribution in [3.8, 4) is 0 Å². The van der Waals surface area contributed by atoms with Crippen molar-refractivity contribution in [1.82, 2.24) is 0 Å². The number of nitrogens with zero attached hydrogens (tertiary/aromatic N) is 1. The molecule has 0 atom stereocenters. The van der Waals surface area contributed by atoms with Crippen LogP contribution in [-0.2, 0) is 20.0 Å². The first-order chi connectivity index (χ1) is 15.4. The van der Waals surface area contributed by atoms with Gasteiger partial charge in [-0.1, -0.05) is 29.8 Å². The molecule has 11 heteroatoms. The summed E-state index contributed by atoms with van der Waals surface area (Å²) in [5.41, 5.74) is 1.80. The predicted molar refractivity (Wildman–Crippen MR) is 131 cm³/mol. The zero-order chi connectivity index (χ0) is 24.4. The van der Waals surface area contributed by atoms with Gasteiger partial charge in [0.2, 0.25) is 10.0 Å². The topological polar surface area (TPSA) is 113 Å². The fourth-order valence-corrected chi connectivity index (χ4v) is 4.75. The molecule has 8 nitrogen and oxygen atoms in total. The maximum atomic E-state index is 12.8. The number of halogens is 1. The van der Waals surface area contributed by atoms with Gasteiger partial charge in [0.1, 0.15) is 0 Å². The van der Waals surface area contributed by atoms with Crippen LogP contribution in [0.3, 0.4) is 0 Å². The van der Waals surface area contributed by atoms with E-state index in [1.807, 2.05) is 0 Å². The van der Waals surface area contributed by atoms with Crippen molar-refractivity contribution in [3.05, 3.63) is 82.9 Å². The third kappa shape index (κ3) is 5.84. The summed E-state index contributed by atoms with van der Waals surface area (Å²) in [6.45, 7) is 1.76. The van der Waals surface area contributed by atoms with E-state index in [0.717, 1.165) is 10.6 Å². The number of rotatable bonds is 7. The van der Waals surface area contributed by atoms with Crippen LogP contribution in [-0.4, -0.2) is 36.0 Å². The highest BCUT2D eigenvalue weighted by molar-refractivity contribution is 7.92. The molecule has 0 spiro atoms. The van der Waals surface area contributed by atoms with Gasteiger partial charge in [-0.2, -0.15) is 0 Å². The van der Waals surface area contributed by atoms with Crippen molar-refractivity contribution in [2.45, 2.75) is 11.8 Å². The standard InChI is InChI=1S/C22H22ClN3O5S2/c1-15-8-9-16(23)14-20(15)25-33(30,31)18-12-10-17(11-13-18)24-22(27)19-6-4-5-7-21(19)26(2)32(3,28)29/h4-14,25H,1-3H3,(H,24,27). The first kappa shape index (κ1) is 24.6. The number of hydrogen-bond donors (Lipinski definition) is 2. The molecular weight excluding hydrogens is 486 g/mol. The molecule has 0 unspecified atom stereocenters. The fourth-order valence-electron chi connectivity index (χ4n) is 2.94. The van der Waals surface area contributed by atoms with Crippen LogP contribution in [0.5, 0.6) is 0 Å². The van der Waals surface area contributed by atoms with E-state index in [0.29, 0.717) is 22.0 Å². The summed E-state index contributed by atoms with van der Waals surface area (Å²) >= 11 is 5.96. The van der Waals surface area contributed by atoms with Crippen molar-refractivity contribution in [1.29, 1.82) is 0 Å². The van der Waals surface area contributed by atoms with E-state index in [4.69, 9.17) is 11.6 Å². The molecule has 0 aromatic heterocycles. The van der Waals surface area contributed by atoms with Crippen LogP contribution in [0.25, 0.3) is 0 Å². The van der Waals surface area contributed by atoms with Crippen LogP contribution in [0.1, 0.15) is 15.9 Å². The second kappa shape index (κ2) is 9.42. The maximum absolute atomic E-state index is 12.8. The van der Waals surface area contributed by atoms with E-state index < -0.39 is 26.0 Å². The van der Waals surface area contributed by atoms with Crippen molar-refractivity contribution < 1.29 is 21.6 Å². The number of anilines is 3. The Morgan fingerprint density at radius 3 is 2.21 bits per heavy atom. The quantitative estimate of drug-likeness (QED) is 0.500. The van der Waals surface area contributed by atoms with Crippen molar-refractivity contribution in [2.24, 2.45) is 0 Å². The number of carbonyl (C=O) groups is 1. The maximum Gasteiger partial charge on any atom is 0.261 e. The Labute approximate surface area is 198 Å². The third-order valence-corrected chi connectivity index (χ3v) is 7.66. The molecule has 0 aliphatic heterocycles. The van der Waals surface area contributed by atoms with Crippen LogP contribution in [0, 0.1) is 6.92 Å². The molecule has 0 aliphatic rings. The minimum Gasteiger partial charge on any atom is -0.322 e. The third-order valence-electron chi connectivity index (χ3n) is 4.85. The molecule has 174 valence electrons. The molecule has 0 saturated carbocycles. The number of sulfonamides is 2. The summed E-state index contributed by atoms with van der Waals surface area (Å²) in [5.74, 6) is -0.538. The summed E-state index contributed by atoms with van der Waals surface area (Å²) < 4.78 is 52.8. The van der Waals surface area contributed by atoms with Crippen LogP contribution in [0.4, 0.5) is 17.1 Å². The molecule has 0 saturated heterocycles. The number of hydrogen-bond acceptors (Lipinski definition) is 5. The number of amides is 1. The largest absolute Gasteiger partial charge is 0.322 e. The Morgan fingerprint density at radius 1 is 0.939 bits per heavy atom. The summed E-state index contributed by atoms with van der Waals surface area (Å²) in [4.78, 5) is 12.8. The van der Waals surface area contributed by atoms with E-state index in [-0.39, 0.29) is 16.1 Å². The van der Waals surface area contributed by atoms with Gasteiger partial charge in [0.05, 0.1) is 28.1 Å². The normalized spacial score (nSPS) is 11.6. The molecule has 3 rings (SSSR count). The van der Waals surface area contributed by atoms with Gasteiger partial charge in [-0.25, -0.2) is 16.8 Å². The average Bonchev–Trinajstić information content (AvgIpc) is 2.75. The first-order valence-corrected chi connectivity index (χ1v) is 13.3. The predicted octanol–water partition coefficient (Wildman–Crippen LogP) is 4.10. The van der Waals surface area contributed by atoms with Gasteiger partial charge in [0.25, 0.3) is 15.9 Å². The molecule has 1 amide bonds. The lowest BCUT2D eigenvalue weighted by molar-refractivity contribution is 0.102. The van der Waals surface area contributed by atoms with E-state index >= 15 is 0 Å². The molecule has 0 fully saturated rings. The lowest BCUT2D eigenvalue weighted by atomic mass is 10.1. The van der Waals surface area contributed by atoms with Gasteiger partial charge in [0.15, 0.2) is 0 Å². The Balaban J connectivity index is 1.80. The minimum atomic E-state index is -3.88. The first-order valence-electron chi connectivity index (χ1n) is 9.62. The molecule has 0 radical (unpaired) electrons. The molecule has 33 heavy (non-hydrogen) atoms. The number of carbonyl (C=O) groups excluding carboxylic acids is 1. The lowest BCUT2D eigenvalue weighted by Crippen LogP contribution is -2.27. The van der Waals surface area contributed by atoms with E-state index in [1.165, 1.54) is 49.5 Å². The molecule has 3 aromatic carbocycles. The van der Waals surface area contributed by atoms with E-state index in [2.05, 4.69) is 10.0 Å². The summed E-state index contributed by atoms with van der Waals surface area (Å²) in [6.07, 6.45) is 1.04. The highest BCUT2D eigenvalue weighted by Crippen LogP contribution is 2.25. The van der Waals surface area contributed by atoms with Gasteiger partial charge in [-0.05, 0) is 61.0 Å². The van der Waals surface area contributed by atoms with E-state index in [9.17, 15) is 21.6 Å². The number of nitrogens with one attached hydrogen (secondary N) is 2. The van der Waals surface area contributed by atoms with Gasteiger partial charge in [-0.15, -0.1) is 0 Å². The molecule has 0 bridgehead atoms. The zero-order valence-corrected chi connectivity index (χ0v) is 20.4. The molecular formula is C22H22ClN3O5S2. The van der Waals surface area contributed by atoms with Crippen LogP contribution >= 0.6 is 11.6 Å². The van der Waals surface area contributed by atoms with Gasteiger partial charge < -0.3 is 5.32 Å². The van der Waals surface area contributed by atoms with Crippen LogP contribution < -0.4 is 14.3 Å². The average molecular weight is 508 g/mol. The van der Waals surface area contributed by atoms with Crippen molar-refractivity contribution in [2.75, 3.05) is 27.6 Å². The summed E-state index contributed by atoms with van der Waals surface area (Å²) in [6, 6.07) is 16.8. The highest BCUT2D eigenvalue weighted by Gasteiger charge is 2.20. The number of benzene rings is 3. The second-order valence-corrected chi connectivity index (χ2v) is 11.4. The Bertz CT molecular complexity index is 1410. The highest BCUT2D eigenvalue weighted by atomic mass is 35.5. The van der Waals surface area contributed by atoms with E-state index in [1.54, 1.807) is 31.2 Å². The van der Waals surface area contributed by atoms with Gasteiger partial charge in [-0.3, -0.25) is 13.8 Å². The van der Waals surface area contributed by atoms with Crippen LogP contribution in [0.2, 0.25) is 5.02 Å². The molecule has 2 N–H and O–H groups in total. The minimum absolute atomic E-state index is 0.00270. The van der Waals surface area contributed by atoms with Crippen molar-refractivity contribution in [3.63, 3.8) is 0 Å². The smallest absolute Gasteiger partial charge is 0.261 e. The zero-order valence-electron chi connectivity index (χ0n) is 18.0. The van der Waals surface area contributed by atoms with Crippen molar-refractivity contribution >= 4 is 54.6 Å². The number of para-hydroxylation sites is 1. The Hall–Kier alpha value is -3.08. The van der Waals surface area contributed by atoms with Crippen LogP contribution in [0.15, 0.2) is 71.6 Å². The number of aryl methyl sites for hydroxylation is 1. The summed E-state index contributed by atoms with van der Waals surface area (Å²) in [5, 5.41) is 3.06. The monoisotopic (exact) mass is 507 g/mol. The molecule has 0 heterocycles. The van der Waals surface area contributed by atoms with Gasteiger partial charge >= 0.3 is 0 Å². The summed E-state index contributed by atoms with van der Waals surface area (Å²) in [7, 11) is -6.09. The van der Waals surface area contributed by atoms with Gasteiger partial charge in [0, 0.05) is 17.8 Å². The molecule has 3 aromatic rings. The fraction of sp³-hybridized carbons (Fsp3) is 0.136. The Morgan fingerprint density at radius 2 is 1.58 bits per heavy atom. The lowest BCUT2D eigenvalue weighted by Gasteiger charge is -2.19. The Kier molecular flexibility index (Phi) is 7.01.